The van der Waals surface area contributed by atoms with E-state index in [1.165, 1.54) is 26.2 Å². The standard InChI is InChI=1S/C21H28O4/c1-24-18(22)21(19(23)25-2)15-17(13-16-9-5-3-6-10-16)14-20(21)11-7-4-8-12-20/h3,5-6,9-10,17H,4,7-8,11-15H2,1-2H3. The van der Waals surface area contributed by atoms with Crippen molar-refractivity contribution in [3.63, 3.8) is 0 Å². The third kappa shape index (κ3) is 2.96. The van der Waals surface area contributed by atoms with Crippen molar-refractivity contribution in [1.82, 2.24) is 0 Å². The summed E-state index contributed by atoms with van der Waals surface area (Å²) in [7, 11) is 2.77. The zero-order valence-electron chi connectivity index (χ0n) is 15.3. The highest BCUT2D eigenvalue weighted by Crippen LogP contribution is 2.63. The van der Waals surface area contributed by atoms with Crippen molar-refractivity contribution in [1.29, 1.82) is 0 Å². The molecule has 4 heteroatoms. The Kier molecular flexibility index (Phi) is 5.16. The first-order valence-electron chi connectivity index (χ1n) is 9.29. The number of ether oxygens (including phenoxy) is 2. The molecule has 3 rings (SSSR count). The van der Waals surface area contributed by atoms with E-state index in [9.17, 15) is 9.59 Å². The number of hydrogen-bond acceptors (Lipinski definition) is 4. The molecule has 0 amide bonds. The molecule has 1 atom stereocenters. The van der Waals surface area contributed by atoms with Crippen LogP contribution in [-0.4, -0.2) is 26.2 Å². The lowest BCUT2D eigenvalue weighted by Gasteiger charge is -2.44. The Morgan fingerprint density at radius 1 is 0.960 bits per heavy atom. The van der Waals surface area contributed by atoms with Gasteiger partial charge in [0.25, 0.3) is 0 Å². The van der Waals surface area contributed by atoms with Gasteiger partial charge in [0.1, 0.15) is 0 Å². The lowest BCUT2D eigenvalue weighted by atomic mass is 9.58. The molecular weight excluding hydrogens is 316 g/mol. The topological polar surface area (TPSA) is 52.6 Å². The largest absolute Gasteiger partial charge is 0.468 e. The molecule has 136 valence electrons. The highest BCUT2D eigenvalue weighted by Gasteiger charge is 2.67. The maximum Gasteiger partial charge on any atom is 0.323 e. The van der Waals surface area contributed by atoms with E-state index >= 15 is 0 Å². The van der Waals surface area contributed by atoms with Crippen LogP contribution < -0.4 is 0 Å². The molecule has 0 aliphatic heterocycles. The zero-order chi connectivity index (χ0) is 17.9. The summed E-state index contributed by atoms with van der Waals surface area (Å²) in [6.07, 6.45) is 7.42. The number of carbonyl (C=O) groups is 2. The van der Waals surface area contributed by atoms with Crippen LogP contribution in [-0.2, 0) is 25.5 Å². The Hall–Kier alpha value is -1.84. The fourth-order valence-electron chi connectivity index (χ4n) is 5.43. The molecule has 0 aromatic heterocycles. The van der Waals surface area contributed by atoms with Crippen molar-refractivity contribution in [3.8, 4) is 0 Å². The molecule has 0 heterocycles. The van der Waals surface area contributed by atoms with Gasteiger partial charge in [0.2, 0.25) is 0 Å². The Morgan fingerprint density at radius 2 is 1.56 bits per heavy atom. The van der Waals surface area contributed by atoms with Gasteiger partial charge < -0.3 is 9.47 Å². The number of benzene rings is 1. The Balaban J connectivity index is 1.97. The van der Waals surface area contributed by atoms with E-state index in [0.29, 0.717) is 12.3 Å². The van der Waals surface area contributed by atoms with Crippen LogP contribution in [0, 0.1) is 16.7 Å². The van der Waals surface area contributed by atoms with Crippen LogP contribution >= 0.6 is 0 Å². The van der Waals surface area contributed by atoms with Crippen LogP contribution in [0.1, 0.15) is 50.5 Å². The van der Waals surface area contributed by atoms with Crippen molar-refractivity contribution in [2.45, 2.75) is 51.4 Å². The summed E-state index contributed by atoms with van der Waals surface area (Å²) >= 11 is 0. The van der Waals surface area contributed by atoms with E-state index in [1.807, 2.05) is 18.2 Å². The van der Waals surface area contributed by atoms with Crippen LogP contribution in [0.2, 0.25) is 0 Å². The van der Waals surface area contributed by atoms with Crippen LogP contribution in [0.4, 0.5) is 0 Å². The highest BCUT2D eigenvalue weighted by molar-refractivity contribution is 6.01. The Bertz CT molecular complexity index is 600. The average molecular weight is 344 g/mol. The van der Waals surface area contributed by atoms with E-state index in [-0.39, 0.29) is 5.41 Å². The Labute approximate surface area is 149 Å². The van der Waals surface area contributed by atoms with Gasteiger partial charge in [-0.05, 0) is 49.0 Å². The number of carbonyl (C=O) groups excluding carboxylic acids is 2. The van der Waals surface area contributed by atoms with E-state index in [1.54, 1.807) is 0 Å². The fraction of sp³-hybridized carbons (Fsp3) is 0.619. The van der Waals surface area contributed by atoms with Gasteiger partial charge in [-0.25, -0.2) is 0 Å². The molecule has 2 aliphatic rings. The van der Waals surface area contributed by atoms with Crippen LogP contribution in [0.3, 0.4) is 0 Å². The van der Waals surface area contributed by atoms with Gasteiger partial charge in [-0.1, -0.05) is 49.6 Å². The highest BCUT2D eigenvalue weighted by atomic mass is 16.5. The Morgan fingerprint density at radius 3 is 2.12 bits per heavy atom. The van der Waals surface area contributed by atoms with Gasteiger partial charge >= 0.3 is 11.9 Å². The van der Waals surface area contributed by atoms with E-state index in [4.69, 9.17) is 9.47 Å². The van der Waals surface area contributed by atoms with Gasteiger partial charge in [-0.15, -0.1) is 0 Å². The average Bonchev–Trinajstić information content (AvgIpc) is 2.95. The molecular formula is C21H28O4. The molecule has 2 saturated carbocycles. The molecule has 4 nitrogen and oxygen atoms in total. The molecule has 2 aliphatic carbocycles. The van der Waals surface area contributed by atoms with Crippen molar-refractivity contribution in [3.05, 3.63) is 35.9 Å². The zero-order valence-corrected chi connectivity index (χ0v) is 15.3. The maximum atomic E-state index is 12.9. The minimum atomic E-state index is -1.14. The van der Waals surface area contributed by atoms with Crippen molar-refractivity contribution < 1.29 is 19.1 Å². The number of hydrogen-bond donors (Lipinski definition) is 0. The molecule has 1 unspecified atom stereocenters. The number of esters is 2. The molecule has 1 aromatic carbocycles. The summed E-state index contributed by atoms with van der Waals surface area (Å²) in [4.78, 5) is 25.8. The maximum absolute atomic E-state index is 12.9. The first-order valence-corrected chi connectivity index (χ1v) is 9.29. The third-order valence-corrected chi connectivity index (χ3v) is 6.43. The second-order valence-electron chi connectivity index (χ2n) is 7.69. The normalized spacial score (nSPS) is 24.0. The second-order valence-corrected chi connectivity index (χ2v) is 7.69. The van der Waals surface area contributed by atoms with Gasteiger partial charge in [0, 0.05) is 0 Å². The summed E-state index contributed by atoms with van der Waals surface area (Å²) < 4.78 is 10.3. The van der Waals surface area contributed by atoms with Crippen molar-refractivity contribution in [2.75, 3.05) is 14.2 Å². The van der Waals surface area contributed by atoms with Crippen LogP contribution in [0.5, 0.6) is 0 Å². The van der Waals surface area contributed by atoms with Gasteiger partial charge in [0.05, 0.1) is 14.2 Å². The molecule has 1 spiro atoms. The molecule has 1 aromatic rings. The third-order valence-electron chi connectivity index (χ3n) is 6.43. The van der Waals surface area contributed by atoms with Gasteiger partial charge in [-0.3, -0.25) is 9.59 Å². The molecule has 2 fully saturated rings. The van der Waals surface area contributed by atoms with Crippen LogP contribution in [0.25, 0.3) is 0 Å². The first kappa shape index (κ1) is 18.0. The summed E-state index contributed by atoms with van der Waals surface area (Å²) in [5.74, 6) is -0.521. The second kappa shape index (κ2) is 7.19. The summed E-state index contributed by atoms with van der Waals surface area (Å²) in [5, 5.41) is 0. The number of methoxy groups -OCH3 is 2. The molecule has 0 N–H and O–H groups in total. The summed E-state index contributed by atoms with van der Waals surface area (Å²) in [6.45, 7) is 0. The quantitative estimate of drug-likeness (QED) is 0.613. The predicted molar refractivity (Wildman–Crippen MR) is 94.9 cm³/mol. The molecule has 0 radical (unpaired) electrons. The number of rotatable bonds is 4. The minimum Gasteiger partial charge on any atom is -0.468 e. The SMILES string of the molecule is COC(=O)C1(C(=O)OC)CC(Cc2ccccc2)CC12CCCCC2. The smallest absolute Gasteiger partial charge is 0.323 e. The fourth-order valence-corrected chi connectivity index (χ4v) is 5.43. The summed E-state index contributed by atoms with van der Waals surface area (Å²) in [6, 6.07) is 10.3. The lowest BCUT2D eigenvalue weighted by molar-refractivity contribution is -0.180. The predicted octanol–water partition coefficient (Wildman–Crippen LogP) is 3.92. The van der Waals surface area contributed by atoms with E-state index in [2.05, 4.69) is 12.1 Å². The molecule has 25 heavy (non-hydrogen) atoms. The van der Waals surface area contributed by atoms with E-state index in [0.717, 1.165) is 38.5 Å². The van der Waals surface area contributed by atoms with Gasteiger partial charge in [0.15, 0.2) is 5.41 Å². The van der Waals surface area contributed by atoms with Gasteiger partial charge in [-0.2, -0.15) is 0 Å². The van der Waals surface area contributed by atoms with Crippen LogP contribution in [0.15, 0.2) is 30.3 Å². The van der Waals surface area contributed by atoms with E-state index < -0.39 is 17.4 Å². The molecule has 0 saturated heterocycles. The lowest BCUT2D eigenvalue weighted by Crippen LogP contribution is -2.51. The minimum absolute atomic E-state index is 0.290. The molecule has 0 bridgehead atoms. The first-order chi connectivity index (χ1) is 12.1. The summed E-state index contributed by atoms with van der Waals surface area (Å²) in [5.41, 5.74) is -0.203. The van der Waals surface area contributed by atoms with Crippen molar-refractivity contribution >= 4 is 11.9 Å². The monoisotopic (exact) mass is 344 g/mol. The van der Waals surface area contributed by atoms with Crippen molar-refractivity contribution in [2.24, 2.45) is 16.7 Å².